The van der Waals surface area contributed by atoms with Crippen molar-refractivity contribution in [3.05, 3.63) is 70.3 Å². The average molecular weight is 468 g/mol. The molecule has 0 aliphatic carbocycles. The maximum absolute atomic E-state index is 14.0. The number of carbonyl (C=O) groups is 1. The summed E-state index contributed by atoms with van der Waals surface area (Å²) < 4.78 is 26.6. The van der Waals surface area contributed by atoms with Crippen LogP contribution in [0.5, 0.6) is 11.5 Å². The van der Waals surface area contributed by atoms with Gasteiger partial charge < -0.3 is 14.8 Å². The Bertz CT molecular complexity index is 1220. The van der Waals surface area contributed by atoms with Crippen molar-refractivity contribution in [1.29, 1.82) is 0 Å². The van der Waals surface area contributed by atoms with Gasteiger partial charge in [-0.25, -0.2) is 9.38 Å². The van der Waals surface area contributed by atoms with Crippen LogP contribution in [-0.2, 0) is 13.1 Å². The van der Waals surface area contributed by atoms with Crippen LogP contribution in [0.3, 0.4) is 0 Å². The number of nitrogens with one attached hydrogen (secondary N) is 2. The van der Waals surface area contributed by atoms with E-state index in [0.717, 1.165) is 23.5 Å². The molecule has 0 fully saturated rings. The number of guanidine groups is 1. The second kappa shape index (κ2) is 10.8. The molecule has 8 nitrogen and oxygen atoms in total. The van der Waals surface area contributed by atoms with Crippen LogP contribution in [0.4, 0.5) is 10.1 Å². The largest absolute Gasteiger partial charge is 0.493 e. The number of benzene rings is 2. The Kier molecular flexibility index (Phi) is 7.88. The number of aromatic nitrogens is 2. The van der Waals surface area contributed by atoms with Gasteiger partial charge in [0.25, 0.3) is 5.91 Å². The minimum absolute atomic E-state index is 0.191. The van der Waals surface area contributed by atoms with Crippen molar-refractivity contribution in [2.24, 2.45) is 4.99 Å². The summed E-state index contributed by atoms with van der Waals surface area (Å²) in [6.07, 6.45) is 0. The monoisotopic (exact) mass is 467 g/mol. The molecule has 1 aromatic heterocycles. The Hall–Kier alpha value is -3.88. The van der Waals surface area contributed by atoms with Gasteiger partial charge in [0.2, 0.25) is 5.96 Å². The lowest BCUT2D eigenvalue weighted by Crippen LogP contribution is -2.36. The zero-order valence-electron chi connectivity index (χ0n) is 20.3. The summed E-state index contributed by atoms with van der Waals surface area (Å²) in [6.45, 7) is 8.64. The number of methoxy groups -OCH3 is 2. The van der Waals surface area contributed by atoms with Gasteiger partial charge in [0.05, 0.1) is 26.5 Å². The molecule has 3 rings (SSSR count). The molecule has 1 heterocycles. The summed E-state index contributed by atoms with van der Waals surface area (Å²) in [7, 11) is 3.10. The van der Waals surface area contributed by atoms with Gasteiger partial charge in [-0.2, -0.15) is 5.10 Å². The van der Waals surface area contributed by atoms with Crippen molar-refractivity contribution < 1.29 is 18.7 Å². The van der Waals surface area contributed by atoms with Gasteiger partial charge in [0.1, 0.15) is 5.82 Å². The molecule has 2 N–H and O–H groups in total. The fraction of sp³-hybridized carbons (Fsp3) is 0.320. The number of halogens is 1. The van der Waals surface area contributed by atoms with Crippen LogP contribution in [-0.4, -0.2) is 35.9 Å². The maximum Gasteiger partial charge on any atom is 0.258 e. The molecule has 0 unspecified atom stereocenters. The number of hydrogen-bond acceptors (Lipinski definition) is 5. The zero-order valence-corrected chi connectivity index (χ0v) is 20.3. The molecule has 0 radical (unpaired) electrons. The molecule has 1 amide bonds. The number of anilines is 1. The van der Waals surface area contributed by atoms with E-state index in [-0.39, 0.29) is 11.5 Å². The fourth-order valence-corrected chi connectivity index (χ4v) is 3.50. The van der Waals surface area contributed by atoms with Crippen LogP contribution in [0.2, 0.25) is 0 Å². The Morgan fingerprint density at radius 1 is 1.09 bits per heavy atom. The van der Waals surface area contributed by atoms with Crippen LogP contribution in [0.1, 0.15) is 39.8 Å². The highest BCUT2D eigenvalue weighted by molar-refractivity contribution is 6.10. The summed E-state index contributed by atoms with van der Waals surface area (Å²) in [5.74, 6) is 0.375. The second-order valence-electron chi connectivity index (χ2n) is 7.74. The first-order valence-corrected chi connectivity index (χ1v) is 10.9. The van der Waals surface area contributed by atoms with Crippen LogP contribution in [0.15, 0.2) is 41.4 Å². The number of carbonyl (C=O) groups excluding carboxylic acids is 1. The zero-order chi connectivity index (χ0) is 24.8. The van der Waals surface area contributed by atoms with Gasteiger partial charge in [-0.1, -0.05) is 6.07 Å². The second-order valence-corrected chi connectivity index (χ2v) is 7.74. The number of aliphatic imine (C=N–C) groups is 1. The van der Waals surface area contributed by atoms with E-state index in [9.17, 15) is 9.18 Å². The molecule has 0 saturated heterocycles. The predicted octanol–water partition coefficient (Wildman–Crippen LogP) is 4.38. The molecule has 3 aromatic rings. The van der Waals surface area contributed by atoms with E-state index in [1.54, 1.807) is 51.5 Å². The van der Waals surface area contributed by atoms with Gasteiger partial charge in [-0.15, -0.1) is 0 Å². The lowest BCUT2D eigenvalue weighted by Gasteiger charge is -2.14. The summed E-state index contributed by atoms with van der Waals surface area (Å²) in [5, 5.41) is 10.4. The Morgan fingerprint density at radius 3 is 2.44 bits per heavy atom. The lowest BCUT2D eigenvalue weighted by atomic mass is 10.1. The van der Waals surface area contributed by atoms with Gasteiger partial charge in [-0.3, -0.25) is 14.8 Å². The third kappa shape index (κ3) is 5.54. The summed E-state index contributed by atoms with van der Waals surface area (Å²) in [4.78, 5) is 17.5. The molecule has 0 aliphatic rings. The van der Waals surface area contributed by atoms with Gasteiger partial charge in [0.15, 0.2) is 11.5 Å². The molecule has 0 saturated carbocycles. The van der Waals surface area contributed by atoms with E-state index in [4.69, 9.17) is 9.47 Å². The van der Waals surface area contributed by atoms with Crippen molar-refractivity contribution >= 4 is 17.6 Å². The highest BCUT2D eigenvalue weighted by atomic mass is 19.1. The molecule has 0 spiro atoms. The van der Waals surface area contributed by atoms with Crippen LogP contribution in [0.25, 0.3) is 0 Å². The summed E-state index contributed by atoms with van der Waals surface area (Å²) in [5.41, 5.74) is 4.15. The third-order valence-electron chi connectivity index (χ3n) is 5.54. The molecule has 0 aliphatic heterocycles. The van der Waals surface area contributed by atoms with Crippen LogP contribution < -0.4 is 20.1 Å². The molecule has 2 aromatic carbocycles. The van der Waals surface area contributed by atoms with Crippen molar-refractivity contribution in [2.75, 3.05) is 19.5 Å². The quantitative estimate of drug-likeness (QED) is 0.398. The smallest absolute Gasteiger partial charge is 0.258 e. The normalized spacial score (nSPS) is 11.3. The number of rotatable bonds is 7. The first-order valence-electron chi connectivity index (χ1n) is 10.9. The molecular weight excluding hydrogens is 437 g/mol. The molecule has 34 heavy (non-hydrogen) atoms. The topological polar surface area (TPSA) is 89.8 Å². The molecule has 9 heteroatoms. The SMILES string of the molecule is CCn1nc(C)c(CN=C(NC(=O)c2ccc(C)c(F)c2)Nc2ccc(OC)c(OC)c2)c1C. The average Bonchev–Trinajstić information content (AvgIpc) is 3.11. The Morgan fingerprint density at radius 2 is 1.82 bits per heavy atom. The summed E-state index contributed by atoms with van der Waals surface area (Å²) in [6, 6.07) is 9.60. The van der Waals surface area contributed by atoms with Crippen LogP contribution >= 0.6 is 0 Å². The molecule has 0 bridgehead atoms. The van der Waals surface area contributed by atoms with Gasteiger partial charge in [0, 0.05) is 35.1 Å². The van der Waals surface area contributed by atoms with E-state index < -0.39 is 11.7 Å². The standard InChI is InChI=1S/C25H30FN5O3/c1-7-31-17(4)20(16(3)30-31)14-27-25(28-19-10-11-22(33-5)23(13-19)34-6)29-24(32)18-9-8-15(2)21(26)12-18/h8-13H,7,14H2,1-6H3,(H2,27,28,29,32). The minimum atomic E-state index is -0.483. The third-order valence-corrected chi connectivity index (χ3v) is 5.54. The lowest BCUT2D eigenvalue weighted by molar-refractivity contribution is 0.0976. The van der Waals surface area contributed by atoms with Crippen molar-refractivity contribution in [1.82, 2.24) is 15.1 Å². The van der Waals surface area contributed by atoms with E-state index in [0.29, 0.717) is 29.3 Å². The summed E-state index contributed by atoms with van der Waals surface area (Å²) >= 11 is 0. The minimum Gasteiger partial charge on any atom is -0.493 e. The van der Waals surface area contributed by atoms with E-state index in [2.05, 4.69) is 20.7 Å². The number of amides is 1. The van der Waals surface area contributed by atoms with Crippen LogP contribution in [0, 0.1) is 26.6 Å². The first-order chi connectivity index (χ1) is 16.3. The van der Waals surface area contributed by atoms with Gasteiger partial charge in [-0.05, 0) is 57.5 Å². The fourth-order valence-electron chi connectivity index (χ4n) is 3.50. The highest BCUT2D eigenvalue weighted by Gasteiger charge is 2.15. The Labute approximate surface area is 198 Å². The molecule has 180 valence electrons. The number of nitrogens with zero attached hydrogens (tertiary/aromatic N) is 3. The van der Waals surface area contributed by atoms with Gasteiger partial charge >= 0.3 is 0 Å². The van der Waals surface area contributed by atoms with E-state index in [1.165, 1.54) is 6.07 Å². The van der Waals surface area contributed by atoms with Crippen molar-refractivity contribution in [3.8, 4) is 11.5 Å². The van der Waals surface area contributed by atoms with E-state index >= 15 is 0 Å². The van der Waals surface area contributed by atoms with Crippen molar-refractivity contribution in [2.45, 2.75) is 40.8 Å². The highest BCUT2D eigenvalue weighted by Crippen LogP contribution is 2.29. The number of aryl methyl sites for hydroxylation is 3. The predicted molar refractivity (Wildman–Crippen MR) is 130 cm³/mol. The van der Waals surface area contributed by atoms with E-state index in [1.807, 2.05) is 25.5 Å². The first kappa shape index (κ1) is 24.8. The maximum atomic E-state index is 14.0. The Balaban J connectivity index is 1.92. The molecular formula is C25H30FN5O3. The van der Waals surface area contributed by atoms with Crippen molar-refractivity contribution in [3.63, 3.8) is 0 Å². The number of ether oxygens (including phenoxy) is 2. The number of hydrogen-bond donors (Lipinski definition) is 2. The molecule has 0 atom stereocenters.